The van der Waals surface area contributed by atoms with Gasteiger partial charge in [-0.25, -0.2) is 4.39 Å². The summed E-state index contributed by atoms with van der Waals surface area (Å²) in [4.78, 5) is 10.6. The van der Waals surface area contributed by atoms with Crippen LogP contribution in [0.1, 0.15) is 0 Å². The smallest absolute Gasteiger partial charge is 0.471 e. The third-order valence-electron chi connectivity index (χ3n) is 2.51. The van der Waals surface area contributed by atoms with Crippen molar-refractivity contribution < 1.29 is 27.1 Å². The number of carbonyl (C=O) groups is 1. The maximum Gasteiger partial charge on any atom is 0.471 e. The third kappa shape index (κ3) is 3.27. The minimum atomic E-state index is -4.92. The normalized spacial score (nSPS) is 18.0. The molecule has 0 spiro atoms. The summed E-state index contributed by atoms with van der Waals surface area (Å²) in [6.07, 6.45) is -4.92. The first-order chi connectivity index (χ1) is 8.86. The van der Waals surface area contributed by atoms with Gasteiger partial charge in [0.1, 0.15) is 18.2 Å². The van der Waals surface area contributed by atoms with E-state index in [-0.39, 0.29) is 13.2 Å². The van der Waals surface area contributed by atoms with Crippen LogP contribution in [0.5, 0.6) is 5.75 Å². The molecule has 0 saturated heterocycles. The molecule has 0 aliphatic carbocycles. The summed E-state index contributed by atoms with van der Waals surface area (Å²) in [5.41, 5.74) is 0.345. The van der Waals surface area contributed by atoms with Crippen LogP contribution < -0.4 is 15.4 Å². The van der Waals surface area contributed by atoms with E-state index in [2.05, 4.69) is 5.32 Å². The monoisotopic (exact) mass is 278 g/mol. The Morgan fingerprint density at radius 3 is 2.89 bits per heavy atom. The van der Waals surface area contributed by atoms with E-state index in [9.17, 15) is 22.4 Å². The predicted molar refractivity (Wildman–Crippen MR) is 58.4 cm³/mol. The standard InChI is InChI=1S/C11H10F4N2O2/c12-6-1-2-9-8(3-6)17-7(5-19-9)4-16-10(18)11(13,14)15/h1-3,7,17H,4-5H2,(H,16,18). The fourth-order valence-corrected chi connectivity index (χ4v) is 1.62. The Balaban J connectivity index is 1.93. The predicted octanol–water partition coefficient (Wildman–Crippen LogP) is 1.68. The molecule has 2 rings (SSSR count). The molecule has 1 aliphatic rings. The van der Waals surface area contributed by atoms with Crippen LogP contribution in [0.4, 0.5) is 23.2 Å². The highest BCUT2D eigenvalue weighted by Gasteiger charge is 2.38. The molecule has 1 aromatic rings. The highest BCUT2D eigenvalue weighted by atomic mass is 19.4. The maximum absolute atomic E-state index is 13.0. The number of rotatable bonds is 2. The number of hydrogen-bond donors (Lipinski definition) is 2. The van der Waals surface area contributed by atoms with E-state index < -0.39 is 23.9 Å². The van der Waals surface area contributed by atoms with Gasteiger partial charge in [0.25, 0.3) is 0 Å². The lowest BCUT2D eigenvalue weighted by atomic mass is 10.2. The Hall–Kier alpha value is -1.99. The average Bonchev–Trinajstić information content (AvgIpc) is 2.34. The topological polar surface area (TPSA) is 50.4 Å². The lowest BCUT2D eigenvalue weighted by Crippen LogP contribution is -2.46. The van der Waals surface area contributed by atoms with E-state index in [1.54, 1.807) is 5.32 Å². The zero-order valence-corrected chi connectivity index (χ0v) is 9.55. The van der Waals surface area contributed by atoms with E-state index in [1.807, 2.05) is 0 Å². The molecule has 1 amide bonds. The molecular weight excluding hydrogens is 268 g/mol. The van der Waals surface area contributed by atoms with Crippen molar-refractivity contribution in [3.8, 4) is 5.75 Å². The molecule has 104 valence electrons. The van der Waals surface area contributed by atoms with E-state index in [4.69, 9.17) is 4.74 Å². The average molecular weight is 278 g/mol. The summed E-state index contributed by atoms with van der Waals surface area (Å²) >= 11 is 0. The van der Waals surface area contributed by atoms with Crippen LogP contribution in [0.25, 0.3) is 0 Å². The zero-order valence-electron chi connectivity index (χ0n) is 9.55. The minimum absolute atomic E-state index is 0.0801. The van der Waals surface area contributed by atoms with E-state index in [0.29, 0.717) is 11.4 Å². The first kappa shape index (κ1) is 13.4. The van der Waals surface area contributed by atoms with E-state index in [1.165, 1.54) is 18.2 Å². The molecule has 0 fully saturated rings. The van der Waals surface area contributed by atoms with Crippen LogP contribution in [-0.4, -0.2) is 31.3 Å². The largest absolute Gasteiger partial charge is 0.489 e. The Labute approximate surface area is 105 Å². The maximum atomic E-state index is 13.0. The summed E-state index contributed by atoms with van der Waals surface area (Å²) in [6.45, 7) is -0.189. The number of benzene rings is 1. The van der Waals surface area contributed by atoms with E-state index in [0.717, 1.165) is 0 Å². The van der Waals surface area contributed by atoms with Gasteiger partial charge in [0, 0.05) is 12.6 Å². The number of nitrogens with one attached hydrogen (secondary N) is 2. The number of anilines is 1. The van der Waals surface area contributed by atoms with Crippen molar-refractivity contribution in [1.82, 2.24) is 5.32 Å². The van der Waals surface area contributed by atoms with Crippen molar-refractivity contribution in [1.29, 1.82) is 0 Å². The van der Waals surface area contributed by atoms with Gasteiger partial charge < -0.3 is 15.4 Å². The van der Waals surface area contributed by atoms with E-state index >= 15 is 0 Å². The van der Waals surface area contributed by atoms with Gasteiger partial charge in [-0.2, -0.15) is 13.2 Å². The van der Waals surface area contributed by atoms with Gasteiger partial charge in [0.15, 0.2) is 0 Å². The minimum Gasteiger partial charge on any atom is -0.489 e. The molecule has 0 radical (unpaired) electrons. The number of alkyl halides is 3. The number of amides is 1. The fraction of sp³-hybridized carbons (Fsp3) is 0.364. The highest BCUT2D eigenvalue weighted by Crippen LogP contribution is 2.29. The lowest BCUT2D eigenvalue weighted by Gasteiger charge is -2.27. The van der Waals surface area contributed by atoms with Gasteiger partial charge in [-0.05, 0) is 12.1 Å². The van der Waals surface area contributed by atoms with Gasteiger partial charge in [-0.3, -0.25) is 4.79 Å². The summed E-state index contributed by atoms with van der Waals surface area (Å²) in [7, 11) is 0. The molecule has 0 saturated carbocycles. The van der Waals surface area contributed by atoms with Gasteiger partial charge in [-0.1, -0.05) is 0 Å². The highest BCUT2D eigenvalue weighted by molar-refractivity contribution is 5.81. The van der Waals surface area contributed by atoms with Gasteiger partial charge >= 0.3 is 12.1 Å². The molecule has 1 atom stereocenters. The molecule has 19 heavy (non-hydrogen) atoms. The quantitative estimate of drug-likeness (QED) is 0.809. The molecule has 0 bridgehead atoms. The SMILES string of the molecule is O=C(NCC1COc2ccc(F)cc2N1)C(F)(F)F. The summed E-state index contributed by atoms with van der Waals surface area (Å²) < 4.78 is 54.2. The van der Waals surface area contributed by atoms with Crippen LogP contribution >= 0.6 is 0 Å². The molecule has 1 aromatic carbocycles. The second kappa shape index (κ2) is 4.94. The van der Waals surface area contributed by atoms with Crippen molar-refractivity contribution in [2.45, 2.75) is 12.2 Å². The first-order valence-corrected chi connectivity index (χ1v) is 5.40. The number of fused-ring (bicyclic) bond motifs is 1. The number of ether oxygens (including phenoxy) is 1. The second-order valence-corrected chi connectivity index (χ2v) is 4.00. The summed E-state index contributed by atoms with van der Waals surface area (Å²) in [6, 6.07) is 3.25. The van der Waals surface area contributed by atoms with Crippen LogP contribution in [0.2, 0.25) is 0 Å². The van der Waals surface area contributed by atoms with Crippen LogP contribution in [0.15, 0.2) is 18.2 Å². The van der Waals surface area contributed by atoms with Crippen molar-refractivity contribution in [3.63, 3.8) is 0 Å². The Morgan fingerprint density at radius 2 is 2.21 bits per heavy atom. The molecule has 1 unspecified atom stereocenters. The molecule has 0 aromatic heterocycles. The second-order valence-electron chi connectivity index (χ2n) is 4.00. The molecule has 4 nitrogen and oxygen atoms in total. The Kier molecular flexibility index (Phi) is 3.50. The number of hydrogen-bond acceptors (Lipinski definition) is 3. The molecule has 1 aliphatic heterocycles. The molecule has 2 N–H and O–H groups in total. The van der Waals surface area contributed by atoms with Crippen molar-refractivity contribution >= 4 is 11.6 Å². The first-order valence-electron chi connectivity index (χ1n) is 5.40. The molecular formula is C11H10F4N2O2. The van der Waals surface area contributed by atoms with Crippen molar-refractivity contribution in [2.24, 2.45) is 0 Å². The van der Waals surface area contributed by atoms with Crippen molar-refractivity contribution in [3.05, 3.63) is 24.0 Å². The fourth-order valence-electron chi connectivity index (χ4n) is 1.62. The Bertz CT molecular complexity index is 490. The molecule has 8 heteroatoms. The lowest BCUT2D eigenvalue weighted by molar-refractivity contribution is -0.173. The van der Waals surface area contributed by atoms with Crippen LogP contribution in [0.3, 0.4) is 0 Å². The van der Waals surface area contributed by atoms with Crippen LogP contribution in [-0.2, 0) is 4.79 Å². The van der Waals surface area contributed by atoms with Crippen LogP contribution in [0, 0.1) is 5.82 Å². The summed E-state index contributed by atoms with van der Waals surface area (Å²) in [5, 5.41) is 4.54. The number of halogens is 4. The number of carbonyl (C=O) groups excluding carboxylic acids is 1. The van der Waals surface area contributed by atoms with Gasteiger partial charge in [0.2, 0.25) is 0 Å². The zero-order chi connectivity index (χ0) is 14.0. The van der Waals surface area contributed by atoms with Gasteiger partial charge in [0.05, 0.1) is 11.7 Å². The molecule has 1 heterocycles. The Morgan fingerprint density at radius 1 is 1.47 bits per heavy atom. The summed E-state index contributed by atoms with van der Waals surface area (Å²) in [5.74, 6) is -2.09. The van der Waals surface area contributed by atoms with Crippen molar-refractivity contribution in [2.75, 3.05) is 18.5 Å². The third-order valence-corrected chi connectivity index (χ3v) is 2.51. The van der Waals surface area contributed by atoms with Gasteiger partial charge in [-0.15, -0.1) is 0 Å².